The molecule has 0 bridgehead atoms. The van der Waals surface area contributed by atoms with Gasteiger partial charge in [-0.15, -0.1) is 0 Å². The highest BCUT2D eigenvalue weighted by Crippen LogP contribution is 2.44. The molecule has 46 heavy (non-hydrogen) atoms. The van der Waals surface area contributed by atoms with Crippen molar-refractivity contribution < 1.29 is 42.4 Å². The van der Waals surface area contributed by atoms with Crippen molar-refractivity contribution in [2.75, 3.05) is 40.4 Å². The summed E-state index contributed by atoms with van der Waals surface area (Å²) >= 11 is 0. The van der Waals surface area contributed by atoms with Crippen LogP contribution in [0.2, 0.25) is 0 Å². The van der Waals surface area contributed by atoms with E-state index in [1.165, 1.54) is 34.8 Å². The molecule has 1 unspecified atom stereocenters. The molecule has 0 radical (unpaired) electrons. The summed E-state index contributed by atoms with van der Waals surface area (Å²) in [5, 5.41) is 5.34. The standard InChI is InChI=1S/C32H41N5O9/c1-31(2,3)45-15-19(34-30(39)46-32(4,5)6)28(38)37-29-35-24-18(11-12-20(40-7)25(24)36-29)26-23(33-16-44-26)17-13-21(41-8)27(43-10)22(14-17)42-9/h11-14,16,19H,15H2,1-10H3,(H,34,39)(H2,35,36,37,38). The Labute approximate surface area is 267 Å². The summed E-state index contributed by atoms with van der Waals surface area (Å²) in [4.78, 5) is 38.3. The molecule has 0 aliphatic rings. The second-order valence-electron chi connectivity index (χ2n) is 12.2. The number of carbonyl (C=O) groups excluding carboxylic acids is 2. The van der Waals surface area contributed by atoms with Gasteiger partial charge in [-0.3, -0.25) is 10.1 Å². The van der Waals surface area contributed by atoms with Gasteiger partial charge in [-0.25, -0.2) is 14.8 Å². The van der Waals surface area contributed by atoms with E-state index < -0.39 is 29.2 Å². The minimum Gasteiger partial charge on any atom is -0.494 e. The fraction of sp³-hybridized carbons (Fsp3) is 0.438. The van der Waals surface area contributed by atoms with E-state index >= 15 is 0 Å². The van der Waals surface area contributed by atoms with Crippen molar-refractivity contribution in [3.8, 4) is 45.6 Å². The number of H-pyrrole nitrogens is 1. The van der Waals surface area contributed by atoms with Crippen molar-refractivity contribution in [1.82, 2.24) is 20.3 Å². The van der Waals surface area contributed by atoms with Crippen LogP contribution < -0.4 is 29.6 Å². The fourth-order valence-electron chi connectivity index (χ4n) is 4.51. The number of rotatable bonds is 11. The van der Waals surface area contributed by atoms with E-state index in [1.54, 1.807) is 45.0 Å². The van der Waals surface area contributed by atoms with E-state index in [9.17, 15) is 9.59 Å². The van der Waals surface area contributed by atoms with E-state index in [2.05, 4.69) is 25.6 Å². The van der Waals surface area contributed by atoms with Crippen LogP contribution in [0.15, 0.2) is 35.1 Å². The van der Waals surface area contributed by atoms with Crippen LogP contribution in [0, 0.1) is 0 Å². The highest BCUT2D eigenvalue weighted by atomic mass is 16.6. The van der Waals surface area contributed by atoms with Gasteiger partial charge >= 0.3 is 6.09 Å². The largest absolute Gasteiger partial charge is 0.494 e. The van der Waals surface area contributed by atoms with E-state index in [-0.39, 0.29) is 12.6 Å². The number of fused-ring (bicyclic) bond motifs is 1. The average molecular weight is 640 g/mol. The smallest absolute Gasteiger partial charge is 0.408 e. The van der Waals surface area contributed by atoms with Crippen LogP contribution in [-0.2, 0) is 14.3 Å². The fourth-order valence-corrected chi connectivity index (χ4v) is 4.51. The summed E-state index contributed by atoms with van der Waals surface area (Å²) in [6, 6.07) is 5.95. The number of hydrogen-bond acceptors (Lipinski definition) is 11. The number of nitrogens with zero attached hydrogens (tertiary/aromatic N) is 2. The Kier molecular flexibility index (Phi) is 10.00. The predicted molar refractivity (Wildman–Crippen MR) is 171 cm³/mol. The molecule has 3 N–H and O–H groups in total. The molecule has 14 nitrogen and oxygen atoms in total. The van der Waals surface area contributed by atoms with Crippen LogP contribution >= 0.6 is 0 Å². The first-order chi connectivity index (χ1) is 21.7. The maximum absolute atomic E-state index is 13.5. The molecule has 2 aromatic heterocycles. The number of amides is 2. The van der Waals surface area contributed by atoms with Crippen molar-refractivity contribution >= 4 is 29.0 Å². The third kappa shape index (κ3) is 7.80. The number of oxazole rings is 1. The normalized spacial score (nSPS) is 12.4. The minimum atomic E-state index is -1.09. The predicted octanol–water partition coefficient (Wildman–Crippen LogP) is 5.57. The number of anilines is 1. The zero-order valence-electron chi connectivity index (χ0n) is 27.7. The lowest BCUT2D eigenvalue weighted by Gasteiger charge is -2.26. The maximum Gasteiger partial charge on any atom is 0.408 e. The van der Waals surface area contributed by atoms with Gasteiger partial charge in [-0.1, -0.05) is 0 Å². The number of nitrogens with one attached hydrogen (secondary N) is 3. The molecule has 2 amide bonds. The van der Waals surface area contributed by atoms with Crippen molar-refractivity contribution in [3.05, 3.63) is 30.7 Å². The Hall–Kier alpha value is -4.98. The van der Waals surface area contributed by atoms with E-state index in [1.807, 2.05) is 20.8 Å². The van der Waals surface area contributed by atoms with Crippen LogP contribution in [0.5, 0.6) is 23.0 Å². The number of aromatic nitrogens is 3. The molecule has 4 aromatic rings. The molecule has 14 heteroatoms. The molecule has 4 rings (SSSR count). The van der Waals surface area contributed by atoms with E-state index in [4.69, 9.17) is 32.8 Å². The second kappa shape index (κ2) is 13.6. The third-order valence-electron chi connectivity index (χ3n) is 6.51. The molecule has 0 saturated heterocycles. The summed E-state index contributed by atoms with van der Waals surface area (Å²) in [6.45, 7) is 10.6. The minimum absolute atomic E-state index is 0.103. The summed E-state index contributed by atoms with van der Waals surface area (Å²) in [6.07, 6.45) is 0.560. The van der Waals surface area contributed by atoms with E-state index in [0.29, 0.717) is 56.6 Å². The molecule has 2 heterocycles. The Morgan fingerprint density at radius 2 is 1.57 bits per heavy atom. The van der Waals surface area contributed by atoms with Gasteiger partial charge in [0.05, 0.1) is 40.6 Å². The topological polar surface area (TPSA) is 168 Å². The molecule has 248 valence electrons. The Morgan fingerprint density at radius 3 is 2.13 bits per heavy atom. The molecule has 0 spiro atoms. The molecule has 0 saturated carbocycles. The monoisotopic (exact) mass is 639 g/mol. The molecule has 0 fully saturated rings. The lowest BCUT2D eigenvalue weighted by molar-refractivity contribution is -0.121. The number of imidazole rings is 1. The first kappa shape index (κ1) is 33.9. The van der Waals surface area contributed by atoms with Gasteiger partial charge in [0.2, 0.25) is 11.7 Å². The van der Waals surface area contributed by atoms with Gasteiger partial charge in [0.25, 0.3) is 5.91 Å². The van der Waals surface area contributed by atoms with Crippen molar-refractivity contribution in [1.29, 1.82) is 0 Å². The lowest BCUT2D eigenvalue weighted by Crippen LogP contribution is -2.49. The molecular formula is C32H41N5O9. The van der Waals surface area contributed by atoms with E-state index in [0.717, 1.165) is 0 Å². The maximum atomic E-state index is 13.5. The first-order valence-corrected chi connectivity index (χ1v) is 14.4. The zero-order chi connectivity index (χ0) is 33.8. The molecule has 2 aromatic carbocycles. The van der Waals surface area contributed by atoms with Crippen molar-refractivity contribution in [3.63, 3.8) is 0 Å². The number of ether oxygens (including phenoxy) is 6. The van der Waals surface area contributed by atoms with Gasteiger partial charge in [0.15, 0.2) is 23.7 Å². The van der Waals surface area contributed by atoms with Crippen molar-refractivity contribution in [2.45, 2.75) is 58.8 Å². The Balaban J connectivity index is 1.72. The molecule has 0 aliphatic carbocycles. The summed E-state index contributed by atoms with van der Waals surface area (Å²) in [5.74, 6) is 1.72. The van der Waals surface area contributed by atoms with Crippen LogP contribution in [-0.4, -0.2) is 79.2 Å². The Morgan fingerprint density at radius 1 is 0.913 bits per heavy atom. The Bertz CT molecular complexity index is 1670. The number of methoxy groups -OCH3 is 4. The second-order valence-corrected chi connectivity index (χ2v) is 12.2. The van der Waals surface area contributed by atoms with Gasteiger partial charge in [-0.05, 0) is 65.8 Å². The number of carbonyl (C=O) groups is 2. The number of benzene rings is 2. The van der Waals surface area contributed by atoms with Crippen LogP contribution in [0.25, 0.3) is 33.6 Å². The number of hydrogen-bond donors (Lipinski definition) is 3. The summed E-state index contributed by atoms with van der Waals surface area (Å²) < 4.78 is 39.1. The van der Waals surface area contributed by atoms with Crippen molar-refractivity contribution in [2.24, 2.45) is 0 Å². The van der Waals surface area contributed by atoms with Gasteiger partial charge < -0.3 is 43.1 Å². The third-order valence-corrected chi connectivity index (χ3v) is 6.51. The van der Waals surface area contributed by atoms with Crippen LogP contribution in [0.3, 0.4) is 0 Å². The first-order valence-electron chi connectivity index (χ1n) is 14.4. The molecule has 1 atom stereocenters. The average Bonchev–Trinajstić information content (AvgIpc) is 3.64. The van der Waals surface area contributed by atoms with Gasteiger partial charge in [-0.2, -0.15) is 0 Å². The zero-order valence-corrected chi connectivity index (χ0v) is 27.7. The highest BCUT2D eigenvalue weighted by molar-refractivity contribution is 6.01. The summed E-state index contributed by atoms with van der Waals surface area (Å²) in [7, 11) is 6.10. The number of alkyl carbamates (subject to hydrolysis) is 1. The van der Waals surface area contributed by atoms with Crippen LogP contribution in [0.4, 0.5) is 10.7 Å². The SMILES string of the molecule is COc1cc(-c2ncoc2-c2ccc(OC)c3[nH]c(NC(=O)C(COC(C)(C)C)NC(=O)OC(C)(C)C)nc23)cc(OC)c1OC. The molecular weight excluding hydrogens is 598 g/mol. The highest BCUT2D eigenvalue weighted by Gasteiger charge is 2.28. The lowest BCUT2D eigenvalue weighted by atomic mass is 10.0. The summed E-state index contributed by atoms with van der Waals surface area (Å²) in [5.41, 5.74) is 1.29. The quantitative estimate of drug-likeness (QED) is 0.188. The van der Waals surface area contributed by atoms with Gasteiger partial charge in [0.1, 0.15) is 34.1 Å². The van der Waals surface area contributed by atoms with Gasteiger partial charge in [0, 0.05) is 11.1 Å². The number of aromatic amines is 1. The van der Waals surface area contributed by atoms with Crippen LogP contribution in [0.1, 0.15) is 41.5 Å². The molecule has 0 aliphatic heterocycles.